The van der Waals surface area contributed by atoms with Crippen LogP contribution in [-0.4, -0.2) is 50.2 Å². The summed E-state index contributed by atoms with van der Waals surface area (Å²) < 4.78 is 0. The summed E-state index contributed by atoms with van der Waals surface area (Å²) >= 11 is 5.98. The summed E-state index contributed by atoms with van der Waals surface area (Å²) in [6, 6.07) is 5.51. The average molecular weight is 297 g/mol. The van der Waals surface area contributed by atoms with Gasteiger partial charge in [0.2, 0.25) is 0 Å². The number of rotatable bonds is 7. The fraction of sp³-hybridized carbons (Fsp3) is 0.400. The molecule has 110 valence electrons. The monoisotopic (exact) mass is 296 g/mol. The summed E-state index contributed by atoms with van der Waals surface area (Å²) in [5.41, 5.74) is 1.79. The summed E-state index contributed by atoms with van der Waals surface area (Å²) in [6.07, 6.45) is 3.74. The minimum atomic E-state index is -0.966. The van der Waals surface area contributed by atoms with E-state index in [1.807, 2.05) is 33.3 Å². The predicted octanol–water partition coefficient (Wildman–Crippen LogP) is 2.83. The summed E-state index contributed by atoms with van der Waals surface area (Å²) in [7, 11) is 6.09. The van der Waals surface area contributed by atoms with Crippen molar-refractivity contribution in [1.29, 1.82) is 0 Å². The van der Waals surface area contributed by atoms with E-state index in [1.165, 1.54) is 0 Å². The van der Waals surface area contributed by atoms with Crippen molar-refractivity contribution in [3.63, 3.8) is 0 Å². The van der Waals surface area contributed by atoms with Crippen LogP contribution in [0.25, 0.3) is 6.08 Å². The second-order valence-electron chi connectivity index (χ2n) is 4.95. The molecule has 0 saturated heterocycles. The number of anilines is 1. The Morgan fingerprint density at radius 3 is 2.60 bits per heavy atom. The van der Waals surface area contributed by atoms with Crippen molar-refractivity contribution >= 4 is 29.3 Å². The molecule has 0 radical (unpaired) electrons. The smallest absolute Gasteiger partial charge is 0.328 e. The highest BCUT2D eigenvalue weighted by Crippen LogP contribution is 2.25. The van der Waals surface area contributed by atoms with Crippen LogP contribution in [0.5, 0.6) is 0 Å². The standard InChI is InChI=1S/C15H21ClN2O2/c1-17(2)9-4-10-18(3)14-7-6-13(16)11-12(14)5-8-15(19)20/h5-8,11H,4,9-10H2,1-3H3,(H,19,20)/b8-5+. The fourth-order valence-corrected chi connectivity index (χ4v) is 2.09. The van der Waals surface area contributed by atoms with Crippen LogP contribution in [0.3, 0.4) is 0 Å². The zero-order chi connectivity index (χ0) is 15.1. The quantitative estimate of drug-likeness (QED) is 0.786. The maximum Gasteiger partial charge on any atom is 0.328 e. The third kappa shape index (κ3) is 5.63. The van der Waals surface area contributed by atoms with Gasteiger partial charge in [-0.15, -0.1) is 0 Å². The summed E-state index contributed by atoms with van der Waals surface area (Å²) in [5.74, 6) is -0.966. The maximum absolute atomic E-state index is 10.6. The highest BCUT2D eigenvalue weighted by Gasteiger charge is 2.07. The van der Waals surface area contributed by atoms with E-state index >= 15 is 0 Å². The molecule has 20 heavy (non-hydrogen) atoms. The normalized spacial score (nSPS) is 11.2. The SMILES string of the molecule is CN(C)CCCN(C)c1ccc(Cl)cc1/C=C/C(=O)O. The van der Waals surface area contributed by atoms with E-state index in [0.29, 0.717) is 5.02 Å². The molecule has 0 fully saturated rings. The molecule has 0 aliphatic heterocycles. The molecule has 0 saturated carbocycles. The van der Waals surface area contributed by atoms with E-state index in [2.05, 4.69) is 9.80 Å². The largest absolute Gasteiger partial charge is 0.478 e. The lowest BCUT2D eigenvalue weighted by Gasteiger charge is -2.22. The molecule has 0 spiro atoms. The van der Waals surface area contributed by atoms with Crippen molar-refractivity contribution in [3.05, 3.63) is 34.9 Å². The van der Waals surface area contributed by atoms with Gasteiger partial charge < -0.3 is 14.9 Å². The topological polar surface area (TPSA) is 43.8 Å². The van der Waals surface area contributed by atoms with E-state index in [-0.39, 0.29) is 0 Å². The van der Waals surface area contributed by atoms with Gasteiger partial charge in [0, 0.05) is 30.4 Å². The number of halogens is 1. The molecular weight excluding hydrogens is 276 g/mol. The Morgan fingerprint density at radius 1 is 1.30 bits per heavy atom. The molecule has 1 aromatic rings. The van der Waals surface area contributed by atoms with E-state index in [4.69, 9.17) is 16.7 Å². The number of carboxylic acids is 1. The van der Waals surface area contributed by atoms with Crippen LogP contribution >= 0.6 is 11.6 Å². The van der Waals surface area contributed by atoms with Gasteiger partial charge in [-0.1, -0.05) is 11.6 Å². The molecule has 0 aliphatic carbocycles. The predicted molar refractivity (Wildman–Crippen MR) is 84.6 cm³/mol. The van der Waals surface area contributed by atoms with Crippen molar-refractivity contribution < 1.29 is 9.90 Å². The van der Waals surface area contributed by atoms with E-state index < -0.39 is 5.97 Å². The molecule has 0 heterocycles. The molecule has 1 N–H and O–H groups in total. The van der Waals surface area contributed by atoms with Crippen LogP contribution < -0.4 is 4.90 Å². The molecule has 0 aromatic heterocycles. The number of carboxylic acid groups (broad SMARTS) is 1. The van der Waals surface area contributed by atoms with Crippen molar-refractivity contribution in [1.82, 2.24) is 4.90 Å². The van der Waals surface area contributed by atoms with Gasteiger partial charge in [-0.25, -0.2) is 4.79 Å². The molecule has 5 heteroatoms. The molecule has 0 amide bonds. The molecule has 0 aliphatic rings. The first-order valence-electron chi connectivity index (χ1n) is 6.46. The molecule has 1 aromatic carbocycles. The van der Waals surface area contributed by atoms with Crippen LogP contribution in [0.4, 0.5) is 5.69 Å². The summed E-state index contributed by atoms with van der Waals surface area (Å²) in [5, 5.41) is 9.33. The molecule has 1 rings (SSSR count). The lowest BCUT2D eigenvalue weighted by molar-refractivity contribution is -0.131. The number of benzene rings is 1. The Hall–Kier alpha value is -1.52. The Morgan fingerprint density at radius 2 is 2.00 bits per heavy atom. The lowest BCUT2D eigenvalue weighted by atomic mass is 10.1. The van der Waals surface area contributed by atoms with E-state index in [0.717, 1.165) is 36.8 Å². The minimum Gasteiger partial charge on any atom is -0.478 e. The van der Waals surface area contributed by atoms with Gasteiger partial charge >= 0.3 is 5.97 Å². The van der Waals surface area contributed by atoms with Crippen molar-refractivity contribution in [3.8, 4) is 0 Å². The van der Waals surface area contributed by atoms with Crippen molar-refractivity contribution in [2.45, 2.75) is 6.42 Å². The fourth-order valence-electron chi connectivity index (χ4n) is 1.91. The van der Waals surface area contributed by atoms with Crippen LogP contribution in [0, 0.1) is 0 Å². The lowest BCUT2D eigenvalue weighted by Crippen LogP contribution is -2.23. The number of aliphatic carboxylic acids is 1. The van der Waals surface area contributed by atoms with Gasteiger partial charge in [-0.3, -0.25) is 0 Å². The highest BCUT2D eigenvalue weighted by molar-refractivity contribution is 6.30. The first-order valence-corrected chi connectivity index (χ1v) is 6.84. The van der Waals surface area contributed by atoms with Gasteiger partial charge in [-0.05, 0) is 56.9 Å². The Labute approximate surface area is 125 Å². The zero-order valence-electron chi connectivity index (χ0n) is 12.1. The number of hydrogen-bond donors (Lipinski definition) is 1. The molecule has 4 nitrogen and oxygen atoms in total. The van der Waals surface area contributed by atoms with Crippen LogP contribution in [0.1, 0.15) is 12.0 Å². The highest BCUT2D eigenvalue weighted by atomic mass is 35.5. The zero-order valence-corrected chi connectivity index (χ0v) is 12.9. The van der Waals surface area contributed by atoms with Crippen molar-refractivity contribution in [2.24, 2.45) is 0 Å². The number of hydrogen-bond acceptors (Lipinski definition) is 3. The molecule has 0 atom stereocenters. The Balaban J connectivity index is 2.84. The van der Waals surface area contributed by atoms with E-state index in [9.17, 15) is 4.79 Å². The van der Waals surface area contributed by atoms with Gasteiger partial charge in [0.1, 0.15) is 0 Å². The number of carbonyl (C=O) groups is 1. The third-order valence-electron chi connectivity index (χ3n) is 2.91. The Bertz CT molecular complexity index is 487. The number of nitrogens with zero attached hydrogens (tertiary/aromatic N) is 2. The average Bonchev–Trinajstić information content (AvgIpc) is 2.35. The second kappa shape index (κ2) is 7.92. The van der Waals surface area contributed by atoms with Gasteiger partial charge in [-0.2, -0.15) is 0 Å². The first kappa shape index (κ1) is 16.5. The van der Waals surface area contributed by atoms with E-state index in [1.54, 1.807) is 12.1 Å². The molecular formula is C15H21ClN2O2. The summed E-state index contributed by atoms with van der Waals surface area (Å²) in [4.78, 5) is 14.9. The van der Waals surface area contributed by atoms with Crippen molar-refractivity contribution in [2.75, 3.05) is 39.1 Å². The van der Waals surface area contributed by atoms with Gasteiger partial charge in [0.15, 0.2) is 0 Å². The van der Waals surface area contributed by atoms with Crippen LogP contribution in [-0.2, 0) is 4.79 Å². The summed E-state index contributed by atoms with van der Waals surface area (Å²) in [6.45, 7) is 1.91. The van der Waals surface area contributed by atoms with Gasteiger partial charge in [0.05, 0.1) is 0 Å². The third-order valence-corrected chi connectivity index (χ3v) is 3.14. The van der Waals surface area contributed by atoms with Gasteiger partial charge in [0.25, 0.3) is 0 Å². The Kier molecular flexibility index (Phi) is 6.55. The van der Waals surface area contributed by atoms with Crippen LogP contribution in [0.2, 0.25) is 5.02 Å². The maximum atomic E-state index is 10.6. The second-order valence-corrected chi connectivity index (χ2v) is 5.39. The molecule has 0 unspecified atom stereocenters. The molecule has 0 bridgehead atoms. The van der Waals surface area contributed by atoms with Crippen LogP contribution in [0.15, 0.2) is 24.3 Å². The first-order chi connectivity index (χ1) is 9.40. The minimum absolute atomic E-state index is 0.598.